The predicted molar refractivity (Wildman–Crippen MR) is 128 cm³/mol. The van der Waals surface area contributed by atoms with Crippen LogP contribution < -0.4 is 15.5 Å². The summed E-state index contributed by atoms with van der Waals surface area (Å²) in [4.78, 5) is 41.3. The third kappa shape index (κ3) is 4.16. The summed E-state index contributed by atoms with van der Waals surface area (Å²) in [6, 6.07) is 0.320. The third-order valence-corrected chi connectivity index (χ3v) is 6.90. The number of anilines is 2. The van der Waals surface area contributed by atoms with Gasteiger partial charge in [0.15, 0.2) is 0 Å². The first-order chi connectivity index (χ1) is 15.6. The van der Waals surface area contributed by atoms with E-state index in [4.69, 9.17) is 0 Å². The minimum absolute atomic E-state index is 0.186. The first-order valence-corrected chi connectivity index (χ1v) is 11.8. The number of rotatable bonds is 5. The van der Waals surface area contributed by atoms with Gasteiger partial charge in [-0.05, 0) is 41.4 Å². The first-order valence-electron chi connectivity index (χ1n) is 11.0. The highest BCUT2D eigenvalue weighted by atomic mass is 79.9. The molecule has 3 N–H and O–H groups in total. The van der Waals surface area contributed by atoms with Gasteiger partial charge in [0.25, 0.3) is 5.91 Å². The number of nitrogens with zero attached hydrogens (tertiary/aromatic N) is 4. The average Bonchev–Trinajstić information content (AvgIpc) is 3.57. The van der Waals surface area contributed by atoms with E-state index < -0.39 is 0 Å². The van der Waals surface area contributed by atoms with Crippen molar-refractivity contribution in [2.75, 3.05) is 49.5 Å². The summed E-state index contributed by atoms with van der Waals surface area (Å²) in [5, 5.41) is 7.26. The van der Waals surface area contributed by atoms with Crippen LogP contribution in [-0.2, 0) is 9.59 Å². The van der Waals surface area contributed by atoms with Gasteiger partial charge >= 0.3 is 0 Å². The lowest BCUT2D eigenvalue weighted by atomic mass is 10.1. The van der Waals surface area contributed by atoms with E-state index in [1.165, 1.54) is 0 Å². The highest BCUT2D eigenvalue weighted by Crippen LogP contribution is 2.38. The smallest absolute Gasteiger partial charge is 0.257 e. The van der Waals surface area contributed by atoms with Crippen molar-refractivity contribution < 1.29 is 9.59 Å². The number of aromatic nitrogens is 2. The van der Waals surface area contributed by atoms with E-state index in [0.717, 1.165) is 48.0 Å². The van der Waals surface area contributed by atoms with Crippen molar-refractivity contribution in [2.24, 2.45) is 4.99 Å². The fourth-order valence-corrected chi connectivity index (χ4v) is 5.17. The van der Waals surface area contributed by atoms with Crippen LogP contribution in [0.4, 0.5) is 11.4 Å². The number of amides is 2. The van der Waals surface area contributed by atoms with Gasteiger partial charge in [-0.2, -0.15) is 0 Å². The number of fused-ring (bicyclic) bond motifs is 1. The second kappa shape index (κ2) is 9.03. The zero-order valence-electron chi connectivity index (χ0n) is 17.7. The number of pyridine rings is 1. The van der Waals surface area contributed by atoms with Gasteiger partial charge in [0.1, 0.15) is 5.65 Å². The number of aromatic amines is 1. The number of hydrogen-bond acceptors (Lipinski definition) is 6. The molecule has 0 aliphatic carbocycles. The molecule has 5 rings (SSSR count). The Bertz CT molecular complexity index is 1100. The van der Waals surface area contributed by atoms with Gasteiger partial charge in [-0.1, -0.05) is 0 Å². The van der Waals surface area contributed by atoms with Crippen LogP contribution in [0, 0.1) is 0 Å². The maximum atomic E-state index is 12.7. The maximum absolute atomic E-state index is 12.7. The van der Waals surface area contributed by atoms with E-state index in [0.29, 0.717) is 49.0 Å². The molecule has 1 atom stereocenters. The van der Waals surface area contributed by atoms with Crippen molar-refractivity contribution in [3.05, 3.63) is 28.5 Å². The Hall–Kier alpha value is -2.72. The largest absolute Gasteiger partial charge is 0.366 e. The van der Waals surface area contributed by atoms with E-state index in [9.17, 15) is 9.59 Å². The molecule has 9 nitrogen and oxygen atoms in total. The number of nitrogens with one attached hydrogen (secondary N) is 3. The van der Waals surface area contributed by atoms with Gasteiger partial charge in [0.05, 0.1) is 33.4 Å². The molecular formula is C22H26BrN7O2. The van der Waals surface area contributed by atoms with Gasteiger partial charge in [0.2, 0.25) is 5.91 Å². The normalized spacial score (nSPS) is 20.8. The zero-order chi connectivity index (χ0) is 22.1. The third-order valence-electron chi connectivity index (χ3n) is 6.32. The molecule has 3 aliphatic heterocycles. The number of halogens is 1. The van der Waals surface area contributed by atoms with Gasteiger partial charge < -0.3 is 25.4 Å². The molecule has 0 bridgehead atoms. The molecule has 2 aromatic rings. The summed E-state index contributed by atoms with van der Waals surface area (Å²) in [5.41, 5.74) is 2.93. The molecule has 1 unspecified atom stereocenters. The SMILES string of the molecule is O=C(Nc1c[nH]c2ncc(Br)c(N3CCN(C(=O)CC4CCCN4)CC3)c12)C1=CCN=C1. The number of H-pyrrole nitrogens is 1. The van der Waals surface area contributed by atoms with Gasteiger partial charge in [0, 0.05) is 57.2 Å². The quantitative estimate of drug-likeness (QED) is 0.583. The minimum Gasteiger partial charge on any atom is -0.366 e. The van der Waals surface area contributed by atoms with Crippen LogP contribution in [-0.4, -0.2) is 78.2 Å². The maximum Gasteiger partial charge on any atom is 0.257 e. The standard InChI is InChI=1S/C22H26BrN7O2/c23-16-12-26-21-19(17(13-27-21)28-22(32)14-3-5-24-11-14)20(16)30-8-6-29(7-9-30)18(31)10-15-2-1-4-25-15/h3,11-13,15,25H,1-2,4-10H2,(H,26,27)(H,28,32). The first kappa shape index (κ1) is 21.1. The molecule has 0 aromatic carbocycles. The van der Waals surface area contributed by atoms with Crippen LogP contribution in [0.5, 0.6) is 0 Å². The molecule has 168 valence electrons. The Labute approximate surface area is 194 Å². The predicted octanol–water partition coefficient (Wildman–Crippen LogP) is 2.07. The summed E-state index contributed by atoms with van der Waals surface area (Å²) < 4.78 is 0.858. The van der Waals surface area contributed by atoms with Crippen molar-refractivity contribution in [3.63, 3.8) is 0 Å². The molecule has 2 fully saturated rings. The van der Waals surface area contributed by atoms with E-state index in [1.807, 2.05) is 4.90 Å². The lowest BCUT2D eigenvalue weighted by Gasteiger charge is -2.37. The lowest BCUT2D eigenvalue weighted by molar-refractivity contribution is -0.132. The highest BCUT2D eigenvalue weighted by Gasteiger charge is 2.27. The van der Waals surface area contributed by atoms with Crippen molar-refractivity contribution in [3.8, 4) is 0 Å². The molecule has 3 aliphatic rings. The summed E-state index contributed by atoms with van der Waals surface area (Å²) in [5.74, 6) is 0.0399. The van der Waals surface area contributed by atoms with E-state index in [1.54, 1.807) is 24.7 Å². The van der Waals surface area contributed by atoms with Gasteiger partial charge in [-0.25, -0.2) is 4.98 Å². The molecule has 2 amide bonds. The number of aliphatic imine (C=N–C) groups is 1. The van der Waals surface area contributed by atoms with E-state index in [2.05, 4.69) is 46.4 Å². The number of hydrogen-bond donors (Lipinski definition) is 3. The minimum atomic E-state index is -0.186. The van der Waals surface area contributed by atoms with Gasteiger partial charge in [-0.3, -0.25) is 14.6 Å². The van der Waals surface area contributed by atoms with Crippen molar-refractivity contribution in [2.45, 2.75) is 25.3 Å². The summed E-state index contributed by atoms with van der Waals surface area (Å²) in [6.07, 6.45) is 9.75. The molecular weight excluding hydrogens is 474 g/mol. The summed E-state index contributed by atoms with van der Waals surface area (Å²) in [7, 11) is 0. The molecule has 10 heteroatoms. The molecule has 0 spiro atoms. The Morgan fingerprint density at radius 1 is 1.25 bits per heavy atom. The lowest BCUT2D eigenvalue weighted by Crippen LogP contribution is -2.49. The highest BCUT2D eigenvalue weighted by molar-refractivity contribution is 9.10. The van der Waals surface area contributed by atoms with Crippen LogP contribution in [0.2, 0.25) is 0 Å². The van der Waals surface area contributed by atoms with Gasteiger partial charge in [-0.15, -0.1) is 0 Å². The Kier molecular flexibility index (Phi) is 5.97. The molecule has 5 heterocycles. The van der Waals surface area contributed by atoms with Crippen LogP contribution in [0.3, 0.4) is 0 Å². The summed E-state index contributed by atoms with van der Waals surface area (Å²) >= 11 is 3.65. The monoisotopic (exact) mass is 499 g/mol. The molecule has 32 heavy (non-hydrogen) atoms. The Morgan fingerprint density at radius 2 is 2.09 bits per heavy atom. The molecule has 0 radical (unpaired) electrons. The molecule has 0 saturated carbocycles. The number of carbonyl (C=O) groups excluding carboxylic acids is 2. The van der Waals surface area contributed by atoms with Crippen LogP contribution in [0.15, 0.2) is 33.5 Å². The van der Waals surface area contributed by atoms with Crippen molar-refractivity contribution >= 4 is 56.4 Å². The summed E-state index contributed by atoms with van der Waals surface area (Å²) in [6.45, 7) is 4.34. The fourth-order valence-electron chi connectivity index (χ4n) is 4.61. The zero-order valence-corrected chi connectivity index (χ0v) is 19.3. The van der Waals surface area contributed by atoms with E-state index in [-0.39, 0.29) is 11.8 Å². The molecule has 2 saturated heterocycles. The number of carbonyl (C=O) groups is 2. The second-order valence-electron chi connectivity index (χ2n) is 8.35. The van der Waals surface area contributed by atoms with Crippen LogP contribution in [0.25, 0.3) is 11.0 Å². The van der Waals surface area contributed by atoms with Crippen molar-refractivity contribution in [1.29, 1.82) is 0 Å². The topological polar surface area (TPSA) is 106 Å². The Balaban J connectivity index is 1.33. The van der Waals surface area contributed by atoms with E-state index >= 15 is 0 Å². The second-order valence-corrected chi connectivity index (χ2v) is 9.21. The Morgan fingerprint density at radius 3 is 2.81 bits per heavy atom. The van der Waals surface area contributed by atoms with Crippen LogP contribution >= 0.6 is 15.9 Å². The average molecular weight is 500 g/mol. The number of piperazine rings is 1. The van der Waals surface area contributed by atoms with Crippen LogP contribution in [0.1, 0.15) is 19.3 Å². The van der Waals surface area contributed by atoms with Crippen molar-refractivity contribution in [1.82, 2.24) is 20.2 Å². The fraction of sp³-hybridized carbons (Fsp3) is 0.455. The molecule has 2 aromatic heterocycles.